The molecule has 0 saturated carbocycles. The molecule has 1 amide bonds. The fourth-order valence-electron chi connectivity index (χ4n) is 3.33. The second-order valence-electron chi connectivity index (χ2n) is 6.48. The molecule has 1 aromatic heterocycles. The Morgan fingerprint density at radius 3 is 2.86 bits per heavy atom. The number of carbonyl (C=O) groups is 1. The summed E-state index contributed by atoms with van der Waals surface area (Å²) in [5.41, 5.74) is 1.19. The maximum Gasteiger partial charge on any atom is 0.249 e. The lowest BCUT2D eigenvalue weighted by Gasteiger charge is -2.19. The molecule has 1 unspecified atom stereocenters. The molecule has 0 bridgehead atoms. The number of aromatic amines is 1. The molecule has 1 aliphatic heterocycles. The first kappa shape index (κ1) is 18.0. The van der Waals surface area contributed by atoms with Gasteiger partial charge in [0, 0.05) is 41.7 Å². The molecule has 0 radical (unpaired) electrons. The van der Waals surface area contributed by atoms with Crippen molar-refractivity contribution in [3.8, 4) is 16.9 Å². The summed E-state index contributed by atoms with van der Waals surface area (Å²) in [6.07, 6.45) is 3.36. The van der Waals surface area contributed by atoms with E-state index in [9.17, 15) is 13.6 Å². The lowest BCUT2D eigenvalue weighted by Crippen LogP contribution is -2.34. The number of hydrogen-bond acceptors (Lipinski definition) is 4. The first-order valence-electron chi connectivity index (χ1n) is 8.77. The number of nitrogens with one attached hydrogen (secondary N) is 2. The van der Waals surface area contributed by atoms with Gasteiger partial charge in [0.05, 0.1) is 19.0 Å². The quantitative estimate of drug-likeness (QED) is 0.706. The minimum Gasteiger partial charge on any atom is -0.497 e. The van der Waals surface area contributed by atoms with Gasteiger partial charge in [-0.2, -0.15) is 5.10 Å². The molecule has 1 aliphatic rings. The van der Waals surface area contributed by atoms with E-state index in [-0.39, 0.29) is 17.2 Å². The van der Waals surface area contributed by atoms with E-state index in [4.69, 9.17) is 4.74 Å². The van der Waals surface area contributed by atoms with E-state index in [0.29, 0.717) is 24.3 Å². The number of methoxy groups -OCH3 is 1. The second-order valence-corrected chi connectivity index (χ2v) is 6.48. The van der Waals surface area contributed by atoms with Crippen LogP contribution in [0.25, 0.3) is 11.1 Å². The van der Waals surface area contributed by atoms with Crippen molar-refractivity contribution in [3.63, 3.8) is 0 Å². The van der Waals surface area contributed by atoms with Crippen molar-refractivity contribution in [2.45, 2.75) is 12.5 Å². The molecule has 3 aromatic rings. The first-order chi connectivity index (χ1) is 13.6. The van der Waals surface area contributed by atoms with Gasteiger partial charge in [0.25, 0.3) is 0 Å². The molecule has 1 atom stereocenters. The smallest absolute Gasteiger partial charge is 0.249 e. The fourth-order valence-corrected chi connectivity index (χ4v) is 3.33. The van der Waals surface area contributed by atoms with E-state index < -0.39 is 17.7 Å². The molecular formula is C20H18F2N4O2. The Bertz CT molecular complexity index is 1010. The van der Waals surface area contributed by atoms with Crippen LogP contribution < -0.4 is 15.0 Å². The van der Waals surface area contributed by atoms with Crippen molar-refractivity contribution in [1.82, 2.24) is 10.2 Å². The number of anilines is 2. The normalized spacial score (nSPS) is 16.5. The molecule has 0 aliphatic carbocycles. The maximum atomic E-state index is 14.7. The van der Waals surface area contributed by atoms with Crippen LogP contribution in [0.5, 0.6) is 5.75 Å². The third-order valence-corrected chi connectivity index (χ3v) is 4.75. The van der Waals surface area contributed by atoms with Gasteiger partial charge in [0.2, 0.25) is 5.91 Å². The lowest BCUT2D eigenvalue weighted by molar-refractivity contribution is -0.117. The zero-order valence-corrected chi connectivity index (χ0v) is 15.1. The predicted molar refractivity (Wildman–Crippen MR) is 101 cm³/mol. The number of nitrogens with zero attached hydrogens (tertiary/aromatic N) is 2. The third-order valence-electron chi connectivity index (χ3n) is 4.75. The van der Waals surface area contributed by atoms with Crippen LogP contribution in [0.2, 0.25) is 0 Å². The molecule has 1 saturated heterocycles. The minimum atomic E-state index is -0.659. The van der Waals surface area contributed by atoms with Gasteiger partial charge >= 0.3 is 0 Å². The van der Waals surface area contributed by atoms with E-state index in [1.807, 2.05) is 12.1 Å². The van der Waals surface area contributed by atoms with Crippen LogP contribution in [-0.4, -0.2) is 35.8 Å². The van der Waals surface area contributed by atoms with Crippen LogP contribution in [0.4, 0.5) is 20.2 Å². The number of amides is 1. The molecule has 8 heteroatoms. The van der Waals surface area contributed by atoms with Crippen molar-refractivity contribution in [1.29, 1.82) is 0 Å². The van der Waals surface area contributed by atoms with Crippen molar-refractivity contribution in [3.05, 3.63) is 60.4 Å². The third kappa shape index (κ3) is 3.28. The van der Waals surface area contributed by atoms with Gasteiger partial charge in [-0.05, 0) is 24.6 Å². The highest BCUT2D eigenvalue weighted by Crippen LogP contribution is 2.32. The van der Waals surface area contributed by atoms with Crippen LogP contribution in [-0.2, 0) is 4.79 Å². The number of benzene rings is 2. The SMILES string of the molecule is COc1cccc(NC2CCN(c3cc(F)c(-c4cn[nH]c4)cc3F)C2=O)c1. The highest BCUT2D eigenvalue weighted by atomic mass is 19.1. The highest BCUT2D eigenvalue weighted by Gasteiger charge is 2.34. The molecular weight excluding hydrogens is 366 g/mol. The van der Waals surface area contributed by atoms with Gasteiger partial charge in [0.1, 0.15) is 23.4 Å². The monoisotopic (exact) mass is 384 g/mol. The average Bonchev–Trinajstić information content (AvgIpc) is 3.35. The summed E-state index contributed by atoms with van der Waals surface area (Å²) in [6.45, 7) is 0.294. The van der Waals surface area contributed by atoms with Gasteiger partial charge in [-0.1, -0.05) is 6.07 Å². The van der Waals surface area contributed by atoms with Gasteiger partial charge < -0.3 is 15.0 Å². The molecule has 0 spiro atoms. The zero-order chi connectivity index (χ0) is 19.7. The second kappa shape index (κ2) is 7.30. The Morgan fingerprint density at radius 2 is 2.11 bits per heavy atom. The first-order valence-corrected chi connectivity index (χ1v) is 8.77. The van der Waals surface area contributed by atoms with Crippen LogP contribution in [0, 0.1) is 11.6 Å². The van der Waals surface area contributed by atoms with E-state index >= 15 is 0 Å². The Morgan fingerprint density at radius 1 is 1.25 bits per heavy atom. The molecule has 28 heavy (non-hydrogen) atoms. The zero-order valence-electron chi connectivity index (χ0n) is 15.1. The van der Waals surface area contributed by atoms with Crippen molar-refractivity contribution >= 4 is 17.3 Å². The van der Waals surface area contributed by atoms with Crippen LogP contribution in [0.15, 0.2) is 48.8 Å². The van der Waals surface area contributed by atoms with Crippen molar-refractivity contribution in [2.24, 2.45) is 0 Å². The summed E-state index contributed by atoms with van der Waals surface area (Å²) in [4.78, 5) is 14.0. The molecule has 4 rings (SSSR count). The van der Waals surface area contributed by atoms with Crippen LogP contribution in [0.1, 0.15) is 6.42 Å². The van der Waals surface area contributed by atoms with Gasteiger partial charge in [-0.25, -0.2) is 8.78 Å². The van der Waals surface area contributed by atoms with Gasteiger partial charge in [-0.15, -0.1) is 0 Å². The number of rotatable bonds is 5. The molecule has 1 fully saturated rings. The maximum absolute atomic E-state index is 14.7. The van der Waals surface area contributed by atoms with Gasteiger partial charge in [-0.3, -0.25) is 9.89 Å². The number of halogens is 2. The Balaban J connectivity index is 1.56. The molecule has 2 aromatic carbocycles. The van der Waals surface area contributed by atoms with Crippen LogP contribution in [0.3, 0.4) is 0 Å². The van der Waals surface area contributed by atoms with E-state index in [1.165, 1.54) is 17.3 Å². The van der Waals surface area contributed by atoms with Crippen molar-refractivity contribution < 1.29 is 18.3 Å². The minimum absolute atomic E-state index is 0.0651. The van der Waals surface area contributed by atoms with E-state index in [0.717, 1.165) is 17.8 Å². The van der Waals surface area contributed by atoms with Gasteiger partial charge in [0.15, 0.2) is 0 Å². The number of H-pyrrole nitrogens is 1. The molecule has 144 valence electrons. The number of aromatic nitrogens is 2. The molecule has 6 nitrogen and oxygen atoms in total. The Kier molecular flexibility index (Phi) is 4.68. The summed E-state index contributed by atoms with van der Waals surface area (Å²) < 4.78 is 34.4. The summed E-state index contributed by atoms with van der Waals surface area (Å²) >= 11 is 0. The summed E-state index contributed by atoms with van der Waals surface area (Å²) in [7, 11) is 1.56. The molecule has 2 N–H and O–H groups in total. The Hall–Kier alpha value is -3.42. The van der Waals surface area contributed by atoms with Crippen LogP contribution >= 0.6 is 0 Å². The fraction of sp³-hybridized carbons (Fsp3) is 0.200. The number of hydrogen-bond donors (Lipinski definition) is 2. The number of carbonyl (C=O) groups excluding carboxylic acids is 1. The Labute approximate surface area is 160 Å². The number of ether oxygens (including phenoxy) is 1. The average molecular weight is 384 g/mol. The predicted octanol–water partition coefficient (Wildman–Crippen LogP) is 3.58. The lowest BCUT2D eigenvalue weighted by atomic mass is 10.1. The summed E-state index contributed by atoms with van der Waals surface area (Å²) in [5.74, 6) is -0.921. The topological polar surface area (TPSA) is 70.2 Å². The summed E-state index contributed by atoms with van der Waals surface area (Å²) in [6, 6.07) is 8.82. The van der Waals surface area contributed by atoms with E-state index in [1.54, 1.807) is 19.2 Å². The largest absolute Gasteiger partial charge is 0.497 e. The standard InChI is InChI=1S/C20H18F2N4O2/c1-28-14-4-2-3-13(7-14)25-18-5-6-26(20(18)27)19-9-16(21)15(8-17(19)22)12-10-23-24-11-12/h2-4,7-11,18,25H,5-6H2,1H3,(H,23,24). The van der Waals surface area contributed by atoms with Crippen molar-refractivity contribution in [2.75, 3.05) is 23.9 Å². The highest BCUT2D eigenvalue weighted by molar-refractivity contribution is 6.01. The molecule has 2 heterocycles. The van der Waals surface area contributed by atoms with E-state index in [2.05, 4.69) is 15.5 Å². The summed E-state index contributed by atoms with van der Waals surface area (Å²) in [5, 5.41) is 9.45.